The molecule has 3 N–H and O–H groups in total. The minimum Gasteiger partial charge on any atom is -0.368 e. The van der Waals surface area contributed by atoms with Crippen LogP contribution in [0.1, 0.15) is 33.1 Å². The fourth-order valence-corrected chi connectivity index (χ4v) is 1.01. The molecule has 0 heterocycles. The van der Waals surface area contributed by atoms with E-state index in [9.17, 15) is 9.59 Å². The van der Waals surface area contributed by atoms with Gasteiger partial charge in [0, 0.05) is 12.3 Å². The highest BCUT2D eigenvalue weighted by Crippen LogP contribution is 2.02. The Morgan fingerprint density at radius 1 is 1.47 bits per heavy atom. The van der Waals surface area contributed by atoms with Crippen molar-refractivity contribution in [2.45, 2.75) is 39.2 Å². The highest BCUT2D eigenvalue weighted by atomic mass is 16.2. The number of hydrogen-bond acceptors (Lipinski definition) is 3. The van der Waals surface area contributed by atoms with Crippen molar-refractivity contribution in [2.24, 2.45) is 11.7 Å². The first-order valence-corrected chi connectivity index (χ1v) is 4.95. The molecular weight excluding hydrogens is 194 g/mol. The molecule has 0 saturated heterocycles. The van der Waals surface area contributed by atoms with E-state index in [-0.39, 0.29) is 11.8 Å². The molecule has 5 heteroatoms. The second kappa shape index (κ2) is 6.82. The number of rotatable bonds is 6. The molecule has 0 spiro atoms. The number of hydrogen-bond donors (Lipinski definition) is 2. The fraction of sp³-hybridized carbons (Fsp3) is 0.700. The fourth-order valence-electron chi connectivity index (χ4n) is 1.01. The Morgan fingerprint density at radius 2 is 2.07 bits per heavy atom. The van der Waals surface area contributed by atoms with Crippen molar-refractivity contribution in [2.75, 3.05) is 0 Å². The second-order valence-electron chi connectivity index (χ2n) is 3.67. The highest BCUT2D eigenvalue weighted by molar-refractivity contribution is 5.87. The highest BCUT2D eigenvalue weighted by Gasteiger charge is 2.18. The van der Waals surface area contributed by atoms with Crippen LogP contribution in [0.3, 0.4) is 0 Å². The van der Waals surface area contributed by atoms with Gasteiger partial charge < -0.3 is 11.1 Å². The van der Waals surface area contributed by atoms with Gasteiger partial charge in [0.25, 0.3) is 0 Å². The first-order valence-electron chi connectivity index (χ1n) is 4.95. The van der Waals surface area contributed by atoms with E-state index in [4.69, 9.17) is 11.0 Å². The van der Waals surface area contributed by atoms with Crippen LogP contribution in [0.25, 0.3) is 0 Å². The summed E-state index contributed by atoms with van der Waals surface area (Å²) in [4.78, 5) is 22.3. The molecule has 0 aliphatic rings. The van der Waals surface area contributed by atoms with Crippen molar-refractivity contribution in [1.82, 2.24) is 5.32 Å². The van der Waals surface area contributed by atoms with Gasteiger partial charge in [0.15, 0.2) is 0 Å². The number of nitrogens with one attached hydrogen (secondary N) is 1. The normalized spacial score (nSPS) is 11.9. The van der Waals surface area contributed by atoms with E-state index in [1.54, 1.807) is 13.8 Å². The summed E-state index contributed by atoms with van der Waals surface area (Å²) < 4.78 is 0. The molecule has 0 aromatic heterocycles. The van der Waals surface area contributed by atoms with Gasteiger partial charge in [-0.3, -0.25) is 9.59 Å². The number of nitrogens with zero attached hydrogens (tertiary/aromatic N) is 1. The summed E-state index contributed by atoms with van der Waals surface area (Å²) >= 11 is 0. The van der Waals surface area contributed by atoms with Crippen molar-refractivity contribution in [3.05, 3.63) is 0 Å². The van der Waals surface area contributed by atoms with Crippen LogP contribution in [0.15, 0.2) is 0 Å². The smallest absolute Gasteiger partial charge is 0.240 e. The Balaban J connectivity index is 4.12. The molecule has 0 aromatic rings. The number of carbonyl (C=O) groups is 2. The summed E-state index contributed by atoms with van der Waals surface area (Å²) in [6.45, 7) is 3.48. The third-order valence-electron chi connectivity index (χ3n) is 1.97. The summed E-state index contributed by atoms with van der Waals surface area (Å²) in [5.74, 6) is -0.930. The minimum absolute atomic E-state index is 0.178. The van der Waals surface area contributed by atoms with Crippen LogP contribution in [-0.4, -0.2) is 17.9 Å². The summed E-state index contributed by atoms with van der Waals surface area (Å²) in [5.41, 5.74) is 5.13. The number of unbranched alkanes of at least 4 members (excludes halogenated alkanes) is 1. The summed E-state index contributed by atoms with van der Waals surface area (Å²) in [6, 6.07) is 1.31. The summed E-state index contributed by atoms with van der Waals surface area (Å²) in [7, 11) is 0. The molecule has 0 saturated carbocycles. The van der Waals surface area contributed by atoms with Crippen molar-refractivity contribution in [1.29, 1.82) is 5.26 Å². The molecule has 0 unspecified atom stereocenters. The predicted molar refractivity (Wildman–Crippen MR) is 55.4 cm³/mol. The van der Waals surface area contributed by atoms with Crippen LogP contribution in [0.5, 0.6) is 0 Å². The number of carbonyl (C=O) groups excluding carboxylic acids is 2. The third kappa shape index (κ3) is 5.68. The maximum absolute atomic E-state index is 11.3. The van der Waals surface area contributed by atoms with Crippen molar-refractivity contribution >= 4 is 11.8 Å². The first kappa shape index (κ1) is 13.4. The zero-order chi connectivity index (χ0) is 11.8. The molecule has 84 valence electrons. The monoisotopic (exact) mass is 211 g/mol. The van der Waals surface area contributed by atoms with Gasteiger partial charge in [-0.05, 0) is 12.8 Å². The van der Waals surface area contributed by atoms with Crippen molar-refractivity contribution in [3.8, 4) is 6.07 Å². The zero-order valence-corrected chi connectivity index (χ0v) is 9.12. The van der Waals surface area contributed by atoms with E-state index in [1.165, 1.54) is 0 Å². The van der Waals surface area contributed by atoms with Gasteiger partial charge in [-0.25, -0.2) is 0 Å². The Bertz CT molecular complexity index is 268. The standard InChI is InChI=1S/C10H17N3O2/c1-7(2)10(15)13-8(9(12)14)5-3-4-6-11/h7-8H,3-5H2,1-2H3,(H2,12,14)(H,13,15)/t8-/m1/s1. The first-order chi connectivity index (χ1) is 6.99. The van der Waals surface area contributed by atoms with E-state index in [0.717, 1.165) is 0 Å². The molecule has 0 aromatic carbocycles. The molecule has 5 nitrogen and oxygen atoms in total. The number of nitrogens with two attached hydrogens (primary N) is 1. The predicted octanol–water partition coefficient (Wildman–Crippen LogP) is 0.306. The summed E-state index contributed by atoms with van der Waals surface area (Å²) in [5, 5.41) is 10.9. The number of primary amides is 1. The van der Waals surface area contributed by atoms with Gasteiger partial charge in [0.1, 0.15) is 6.04 Å². The van der Waals surface area contributed by atoms with E-state index in [1.807, 2.05) is 6.07 Å². The second-order valence-corrected chi connectivity index (χ2v) is 3.67. The maximum atomic E-state index is 11.3. The lowest BCUT2D eigenvalue weighted by molar-refractivity contribution is -0.129. The van der Waals surface area contributed by atoms with Gasteiger partial charge in [-0.1, -0.05) is 13.8 Å². The SMILES string of the molecule is CC(C)C(=O)N[C@H](CCCC#N)C(N)=O. The molecule has 0 fully saturated rings. The number of nitriles is 1. The average Bonchev–Trinajstić information content (AvgIpc) is 2.15. The maximum Gasteiger partial charge on any atom is 0.240 e. The Morgan fingerprint density at radius 3 is 2.47 bits per heavy atom. The summed E-state index contributed by atoms with van der Waals surface area (Å²) in [6.07, 6.45) is 1.34. The molecule has 0 rings (SSSR count). The molecule has 0 aliphatic heterocycles. The molecular formula is C10H17N3O2. The minimum atomic E-state index is -0.659. The van der Waals surface area contributed by atoms with Gasteiger partial charge in [-0.15, -0.1) is 0 Å². The van der Waals surface area contributed by atoms with Crippen LogP contribution in [0, 0.1) is 17.2 Å². The third-order valence-corrected chi connectivity index (χ3v) is 1.97. The van der Waals surface area contributed by atoms with Crippen molar-refractivity contribution < 1.29 is 9.59 Å². The lowest BCUT2D eigenvalue weighted by Crippen LogP contribution is -2.45. The molecule has 1 atom stereocenters. The van der Waals surface area contributed by atoms with Crippen LogP contribution >= 0.6 is 0 Å². The lowest BCUT2D eigenvalue weighted by atomic mass is 10.1. The Labute approximate surface area is 89.6 Å². The van der Waals surface area contributed by atoms with Crippen LogP contribution in [-0.2, 0) is 9.59 Å². The van der Waals surface area contributed by atoms with Crippen LogP contribution in [0.2, 0.25) is 0 Å². The van der Waals surface area contributed by atoms with Gasteiger partial charge >= 0.3 is 0 Å². The zero-order valence-electron chi connectivity index (χ0n) is 9.12. The average molecular weight is 211 g/mol. The van der Waals surface area contributed by atoms with E-state index in [0.29, 0.717) is 19.3 Å². The molecule has 2 amide bonds. The topological polar surface area (TPSA) is 96.0 Å². The van der Waals surface area contributed by atoms with E-state index in [2.05, 4.69) is 5.32 Å². The van der Waals surface area contributed by atoms with Crippen LogP contribution < -0.4 is 11.1 Å². The largest absolute Gasteiger partial charge is 0.368 e. The van der Waals surface area contributed by atoms with Gasteiger partial charge in [0.05, 0.1) is 6.07 Å². The quantitative estimate of drug-likeness (QED) is 0.619. The van der Waals surface area contributed by atoms with E-state index >= 15 is 0 Å². The lowest BCUT2D eigenvalue weighted by Gasteiger charge is -2.16. The molecule has 0 aliphatic carbocycles. The van der Waals surface area contributed by atoms with Gasteiger partial charge in [0.2, 0.25) is 11.8 Å². The van der Waals surface area contributed by atoms with Crippen molar-refractivity contribution in [3.63, 3.8) is 0 Å². The number of amides is 2. The van der Waals surface area contributed by atoms with E-state index < -0.39 is 11.9 Å². The Kier molecular flexibility index (Phi) is 6.11. The molecule has 0 bridgehead atoms. The Hall–Kier alpha value is -1.57. The van der Waals surface area contributed by atoms with Crippen LogP contribution in [0.4, 0.5) is 0 Å². The van der Waals surface area contributed by atoms with Gasteiger partial charge in [-0.2, -0.15) is 5.26 Å². The molecule has 0 radical (unpaired) electrons. The molecule has 15 heavy (non-hydrogen) atoms.